The summed E-state index contributed by atoms with van der Waals surface area (Å²) in [5, 5.41) is 9.71. The van der Waals surface area contributed by atoms with Gasteiger partial charge in [0.1, 0.15) is 12.4 Å². The van der Waals surface area contributed by atoms with E-state index in [1.54, 1.807) is 14.0 Å². The number of methoxy groups -OCH3 is 1. The number of benzene rings is 2. The molecular weight excluding hydrogens is 777 g/mol. The number of carboxylic acid groups (broad SMARTS) is 1. The fourth-order valence-electron chi connectivity index (χ4n) is 11.7. The van der Waals surface area contributed by atoms with E-state index in [1.165, 1.54) is 0 Å². The molecule has 11 heteroatoms. The molecule has 0 saturated carbocycles. The van der Waals surface area contributed by atoms with Crippen LogP contribution in [0, 0.1) is 29.6 Å². The first-order chi connectivity index (χ1) is 29.1. The van der Waals surface area contributed by atoms with Crippen LogP contribution >= 0.6 is 0 Å². The van der Waals surface area contributed by atoms with Crippen molar-refractivity contribution >= 4 is 5.97 Å². The Bertz CT molecular complexity index is 1850. The lowest BCUT2D eigenvalue weighted by atomic mass is 9.80. The van der Waals surface area contributed by atoms with Crippen molar-refractivity contribution in [2.45, 2.75) is 179 Å². The maximum atomic E-state index is 11.8. The molecule has 6 saturated heterocycles. The summed E-state index contributed by atoms with van der Waals surface area (Å²) in [4.78, 5) is 11.8. The SMILES string of the molecule is CC[C@@]1([C@@H]2O[C@H]([C@H]3O[C@@]4(CO[C@@H](c5ccc(OC)cc5)O4)[C@H](C)C[C@@H]3C)C[C@@H]2C)CC[C@H]([C@@]2(C)CC[C@]3(C[C@H](OCc4ccccc4)[C@@H](C)[C@@H]([C@@H](C)/C=C(\C)C(=O)O)O3)O2)O1. The third-order valence-corrected chi connectivity index (χ3v) is 15.4. The minimum absolute atomic E-state index is 0.0127. The molecule has 0 aromatic heterocycles. The highest BCUT2D eigenvalue weighted by molar-refractivity contribution is 5.85. The molecule has 2 aromatic carbocycles. The van der Waals surface area contributed by atoms with Crippen LogP contribution in [0.3, 0.4) is 0 Å². The molecule has 0 bridgehead atoms. The summed E-state index contributed by atoms with van der Waals surface area (Å²) >= 11 is 0. The number of carboxylic acids is 1. The maximum Gasteiger partial charge on any atom is 0.330 e. The van der Waals surface area contributed by atoms with Crippen LogP contribution in [0.25, 0.3) is 0 Å². The number of hydrogen-bond acceptors (Lipinski definition) is 10. The molecule has 2 spiro atoms. The quantitative estimate of drug-likeness (QED) is 0.206. The number of carbonyl (C=O) groups is 1. The molecule has 16 atom stereocenters. The minimum atomic E-state index is -0.924. The fraction of sp³-hybridized carbons (Fsp3) is 0.700. The van der Waals surface area contributed by atoms with Crippen LogP contribution in [0.2, 0.25) is 0 Å². The molecule has 61 heavy (non-hydrogen) atoms. The Morgan fingerprint density at radius 1 is 0.951 bits per heavy atom. The Kier molecular flexibility index (Phi) is 12.9. The van der Waals surface area contributed by atoms with E-state index in [1.807, 2.05) is 55.5 Å². The van der Waals surface area contributed by atoms with Crippen molar-refractivity contribution in [3.63, 3.8) is 0 Å². The minimum Gasteiger partial charge on any atom is -0.497 e. The average molecular weight is 847 g/mol. The standard InChI is InChI=1S/C50H70O11/c1-10-48(44-32(4)26-39(56-44)43-31(3)25-34(6)50(59-43)29-55-46(60-50)37-16-18-38(53-9)19-17-37)21-20-41(57-48)47(8)22-23-49(61-47)27-40(54-28-36-14-12-11-13-15-36)35(7)42(58-49)30(2)24-33(5)45(51)52/h11-19,24,30-32,34-35,39-44,46H,10,20-23,25-29H2,1-9H3,(H,51,52)/b33-24+/t30-,31-,32-,34+,35+,39-,40-,41+,42+,43-,44+,46+,47+,48-,49+,50+/m0/s1. The van der Waals surface area contributed by atoms with Crippen LogP contribution in [-0.4, -0.2) is 84.2 Å². The van der Waals surface area contributed by atoms with Crippen molar-refractivity contribution < 1.29 is 52.5 Å². The Balaban J connectivity index is 0.955. The smallest absolute Gasteiger partial charge is 0.330 e. The van der Waals surface area contributed by atoms with Gasteiger partial charge in [0.05, 0.1) is 61.5 Å². The van der Waals surface area contributed by atoms with Crippen LogP contribution in [0.5, 0.6) is 5.75 Å². The summed E-state index contributed by atoms with van der Waals surface area (Å²) in [6.45, 7) is 17.9. The van der Waals surface area contributed by atoms with Crippen molar-refractivity contribution in [3.05, 3.63) is 77.4 Å². The highest BCUT2D eigenvalue weighted by atomic mass is 16.8. The van der Waals surface area contributed by atoms with Crippen molar-refractivity contribution in [2.75, 3.05) is 13.7 Å². The molecule has 1 N–H and O–H groups in total. The van der Waals surface area contributed by atoms with E-state index in [4.69, 9.17) is 42.6 Å². The summed E-state index contributed by atoms with van der Waals surface area (Å²) in [5.74, 6) is -1.31. The molecular formula is C50H70O11. The first kappa shape index (κ1) is 44.7. The van der Waals surface area contributed by atoms with Crippen LogP contribution in [0.15, 0.2) is 66.2 Å². The molecule has 336 valence electrons. The van der Waals surface area contributed by atoms with Crippen LogP contribution in [0.4, 0.5) is 0 Å². The number of rotatable bonds is 12. The van der Waals surface area contributed by atoms with E-state index < -0.39 is 35.0 Å². The zero-order chi connectivity index (χ0) is 43.3. The Morgan fingerprint density at radius 3 is 2.41 bits per heavy atom. The van der Waals surface area contributed by atoms with Crippen molar-refractivity contribution in [1.29, 1.82) is 0 Å². The zero-order valence-corrected chi connectivity index (χ0v) is 37.8. The molecule has 6 fully saturated rings. The highest BCUT2D eigenvalue weighted by Crippen LogP contribution is 2.56. The molecule has 0 aliphatic carbocycles. The predicted molar refractivity (Wildman–Crippen MR) is 229 cm³/mol. The molecule has 2 aromatic rings. The van der Waals surface area contributed by atoms with Gasteiger partial charge in [0.2, 0.25) is 0 Å². The van der Waals surface area contributed by atoms with Crippen LogP contribution in [-0.2, 0) is 49.3 Å². The van der Waals surface area contributed by atoms with Gasteiger partial charge in [0.25, 0.3) is 0 Å². The van der Waals surface area contributed by atoms with E-state index >= 15 is 0 Å². The average Bonchev–Trinajstić information content (AvgIpc) is 4.06. The molecule has 0 radical (unpaired) electrons. The van der Waals surface area contributed by atoms with Gasteiger partial charge in [-0.2, -0.15) is 0 Å². The topological polar surface area (TPSA) is 120 Å². The van der Waals surface area contributed by atoms with Gasteiger partial charge in [-0.3, -0.25) is 0 Å². The molecule has 6 aliphatic heterocycles. The largest absolute Gasteiger partial charge is 0.497 e. The fourth-order valence-corrected chi connectivity index (χ4v) is 11.7. The molecule has 0 amide bonds. The third kappa shape index (κ3) is 8.72. The normalized spacial score (nSPS) is 43.3. The first-order valence-electron chi connectivity index (χ1n) is 23.0. The number of aliphatic carboxylic acids is 1. The van der Waals surface area contributed by atoms with E-state index in [0.717, 1.165) is 55.4 Å². The summed E-state index contributed by atoms with van der Waals surface area (Å²) in [5.41, 5.74) is 1.30. The molecule has 6 aliphatic rings. The Hall–Kier alpha value is -2.87. The summed E-state index contributed by atoms with van der Waals surface area (Å²) in [6, 6.07) is 18.0. The summed E-state index contributed by atoms with van der Waals surface area (Å²) in [6.07, 6.45) is 6.84. The maximum absolute atomic E-state index is 11.8. The third-order valence-electron chi connectivity index (χ3n) is 15.4. The van der Waals surface area contributed by atoms with Crippen molar-refractivity contribution in [1.82, 2.24) is 0 Å². The van der Waals surface area contributed by atoms with Gasteiger partial charge in [-0.25, -0.2) is 4.79 Å². The second kappa shape index (κ2) is 17.6. The van der Waals surface area contributed by atoms with Crippen molar-refractivity contribution in [2.24, 2.45) is 29.6 Å². The molecule has 0 unspecified atom stereocenters. The van der Waals surface area contributed by atoms with Crippen LogP contribution < -0.4 is 4.74 Å². The summed E-state index contributed by atoms with van der Waals surface area (Å²) < 4.78 is 60.9. The zero-order valence-electron chi connectivity index (χ0n) is 37.8. The lowest BCUT2D eigenvalue weighted by Crippen LogP contribution is -2.55. The van der Waals surface area contributed by atoms with Gasteiger partial charge < -0.3 is 47.7 Å². The van der Waals surface area contributed by atoms with E-state index in [2.05, 4.69) is 53.7 Å². The van der Waals surface area contributed by atoms with E-state index in [9.17, 15) is 9.90 Å². The number of hydrogen-bond donors (Lipinski definition) is 1. The van der Waals surface area contributed by atoms with Crippen molar-refractivity contribution in [3.8, 4) is 5.75 Å². The van der Waals surface area contributed by atoms with Gasteiger partial charge in [0, 0.05) is 41.7 Å². The molecule has 6 heterocycles. The monoisotopic (exact) mass is 846 g/mol. The Labute approximate surface area is 363 Å². The number of ether oxygens (including phenoxy) is 9. The second-order valence-electron chi connectivity index (χ2n) is 19.7. The lowest BCUT2D eigenvalue weighted by Gasteiger charge is -2.48. The second-order valence-corrected chi connectivity index (χ2v) is 19.7. The Morgan fingerprint density at radius 2 is 1.70 bits per heavy atom. The van der Waals surface area contributed by atoms with E-state index in [-0.39, 0.29) is 66.2 Å². The van der Waals surface area contributed by atoms with Gasteiger partial charge in [-0.05, 0) is 81.9 Å². The van der Waals surface area contributed by atoms with Gasteiger partial charge in [0.15, 0.2) is 17.9 Å². The van der Waals surface area contributed by atoms with Crippen LogP contribution in [0.1, 0.15) is 124 Å². The van der Waals surface area contributed by atoms with Gasteiger partial charge >= 0.3 is 5.97 Å². The molecule has 8 rings (SSSR count). The predicted octanol–water partition coefficient (Wildman–Crippen LogP) is 9.56. The van der Waals surface area contributed by atoms with Gasteiger partial charge in [-0.15, -0.1) is 0 Å². The summed E-state index contributed by atoms with van der Waals surface area (Å²) in [7, 11) is 1.66. The van der Waals surface area contributed by atoms with E-state index in [0.29, 0.717) is 31.6 Å². The molecule has 11 nitrogen and oxygen atoms in total. The highest BCUT2D eigenvalue weighted by Gasteiger charge is 2.62. The first-order valence-corrected chi connectivity index (χ1v) is 23.0. The van der Waals surface area contributed by atoms with Gasteiger partial charge in [-0.1, -0.05) is 90.1 Å². The lowest BCUT2D eigenvalue weighted by molar-refractivity contribution is -0.334.